The van der Waals surface area contributed by atoms with Crippen molar-refractivity contribution in [2.24, 2.45) is 0 Å². The van der Waals surface area contributed by atoms with Gasteiger partial charge < -0.3 is 9.84 Å². The van der Waals surface area contributed by atoms with Crippen LogP contribution < -0.4 is 0 Å². The Bertz CT molecular complexity index is 377. The van der Waals surface area contributed by atoms with Gasteiger partial charge in [0.1, 0.15) is 5.82 Å². The van der Waals surface area contributed by atoms with Crippen LogP contribution in [0, 0.1) is 5.82 Å². The van der Waals surface area contributed by atoms with E-state index in [0.717, 1.165) is 31.6 Å². The van der Waals surface area contributed by atoms with E-state index in [-0.39, 0.29) is 5.82 Å². The topological polar surface area (TPSA) is 29.5 Å². The van der Waals surface area contributed by atoms with Crippen LogP contribution in [0.25, 0.3) is 0 Å². The van der Waals surface area contributed by atoms with Crippen LogP contribution in [0.3, 0.4) is 0 Å². The van der Waals surface area contributed by atoms with E-state index < -0.39 is 6.10 Å². The van der Waals surface area contributed by atoms with Crippen molar-refractivity contribution in [2.45, 2.75) is 31.8 Å². The third-order valence-corrected chi connectivity index (χ3v) is 3.87. The van der Waals surface area contributed by atoms with Crippen LogP contribution in [-0.4, -0.2) is 18.3 Å². The Morgan fingerprint density at radius 3 is 2.59 bits per heavy atom. The number of hydrogen-bond donors (Lipinski definition) is 1. The monoisotopic (exact) mass is 302 g/mol. The molecule has 1 fully saturated rings. The summed E-state index contributed by atoms with van der Waals surface area (Å²) in [6.45, 7) is 3.04. The lowest BCUT2D eigenvalue weighted by Crippen LogP contribution is -2.14. The number of hydrogen-bond acceptors (Lipinski definition) is 2. The van der Waals surface area contributed by atoms with Crippen LogP contribution in [0.5, 0.6) is 0 Å². The predicted octanol–water partition coefficient (Wildman–Crippen LogP) is 3.54. The van der Waals surface area contributed by atoms with Crippen LogP contribution in [0.1, 0.15) is 42.9 Å². The maximum absolute atomic E-state index is 13.9. The van der Waals surface area contributed by atoms with E-state index in [1.807, 2.05) is 6.07 Å². The lowest BCUT2D eigenvalue weighted by molar-refractivity contribution is 0.0852. The highest BCUT2D eigenvalue weighted by Gasteiger charge is 2.20. The van der Waals surface area contributed by atoms with Gasteiger partial charge in [-0.15, -0.1) is 0 Å². The van der Waals surface area contributed by atoms with Gasteiger partial charge in [0, 0.05) is 23.2 Å². The zero-order valence-electron chi connectivity index (χ0n) is 9.75. The highest BCUT2D eigenvalue weighted by molar-refractivity contribution is 9.10. The van der Waals surface area contributed by atoms with Crippen LogP contribution >= 0.6 is 15.9 Å². The molecular weight excluding hydrogens is 287 g/mol. The summed E-state index contributed by atoms with van der Waals surface area (Å²) < 4.78 is 19.8. The van der Waals surface area contributed by atoms with Crippen molar-refractivity contribution in [3.63, 3.8) is 0 Å². The summed E-state index contributed by atoms with van der Waals surface area (Å²) >= 11 is 3.33. The minimum Gasteiger partial charge on any atom is -0.389 e. The third-order valence-electron chi connectivity index (χ3n) is 3.21. The zero-order valence-corrected chi connectivity index (χ0v) is 11.3. The number of ether oxygens (including phenoxy) is 1. The molecule has 4 heteroatoms. The molecule has 2 rings (SSSR count). The summed E-state index contributed by atoms with van der Waals surface area (Å²) in [5.41, 5.74) is 1.32. The lowest BCUT2D eigenvalue weighted by Gasteiger charge is -2.23. The molecule has 0 aromatic heterocycles. The number of benzene rings is 1. The van der Waals surface area contributed by atoms with Crippen molar-refractivity contribution in [3.8, 4) is 0 Å². The fraction of sp³-hybridized carbons (Fsp3) is 0.538. The van der Waals surface area contributed by atoms with Gasteiger partial charge in [0.15, 0.2) is 0 Å². The molecule has 0 radical (unpaired) electrons. The molecule has 2 nitrogen and oxygen atoms in total. The summed E-state index contributed by atoms with van der Waals surface area (Å²) in [6.07, 6.45) is 1.06. The molecular formula is C13H16BrFO2. The van der Waals surface area contributed by atoms with Crippen molar-refractivity contribution in [2.75, 3.05) is 13.2 Å². The Morgan fingerprint density at radius 1 is 1.41 bits per heavy atom. The quantitative estimate of drug-likeness (QED) is 0.905. The molecule has 0 aliphatic carbocycles. The van der Waals surface area contributed by atoms with Gasteiger partial charge in [-0.3, -0.25) is 0 Å². The van der Waals surface area contributed by atoms with Crippen molar-refractivity contribution < 1.29 is 14.2 Å². The van der Waals surface area contributed by atoms with Crippen molar-refractivity contribution in [3.05, 3.63) is 33.5 Å². The fourth-order valence-electron chi connectivity index (χ4n) is 2.27. The van der Waals surface area contributed by atoms with E-state index in [1.165, 1.54) is 0 Å². The molecule has 1 aliphatic rings. The van der Waals surface area contributed by atoms with Crippen LogP contribution in [0.4, 0.5) is 4.39 Å². The largest absolute Gasteiger partial charge is 0.389 e. The minimum atomic E-state index is -0.798. The summed E-state index contributed by atoms with van der Waals surface area (Å²) in [4.78, 5) is 0. The van der Waals surface area contributed by atoms with Crippen LogP contribution in [0.15, 0.2) is 16.6 Å². The van der Waals surface area contributed by atoms with Gasteiger partial charge in [0.25, 0.3) is 0 Å². The second-order valence-electron chi connectivity index (χ2n) is 4.46. The predicted molar refractivity (Wildman–Crippen MR) is 67.5 cm³/mol. The van der Waals surface area contributed by atoms with E-state index in [4.69, 9.17) is 4.74 Å². The molecule has 1 saturated heterocycles. The van der Waals surface area contributed by atoms with Gasteiger partial charge in [-0.25, -0.2) is 4.39 Å². The molecule has 0 saturated carbocycles. The van der Waals surface area contributed by atoms with Gasteiger partial charge in [-0.1, -0.05) is 15.9 Å². The van der Waals surface area contributed by atoms with Crippen molar-refractivity contribution in [1.82, 2.24) is 0 Å². The summed E-state index contributed by atoms with van der Waals surface area (Å²) in [7, 11) is 0. The molecule has 94 valence electrons. The SMILES string of the molecule is CC(O)c1c(F)cc(C2CCOCC2)cc1Br. The standard InChI is InChI=1S/C13H16BrFO2/c1-8(16)13-11(14)6-10(7-12(13)15)9-2-4-17-5-3-9/h6-9,16H,2-5H2,1H3. The Balaban J connectivity index is 2.31. The summed E-state index contributed by atoms with van der Waals surface area (Å²) in [5, 5.41) is 9.50. The maximum atomic E-state index is 13.9. The molecule has 0 amide bonds. The molecule has 0 spiro atoms. The van der Waals surface area contributed by atoms with E-state index >= 15 is 0 Å². The van der Waals surface area contributed by atoms with E-state index in [0.29, 0.717) is 16.0 Å². The molecule has 1 N–H and O–H groups in total. The smallest absolute Gasteiger partial charge is 0.130 e. The summed E-state index contributed by atoms with van der Waals surface area (Å²) in [6, 6.07) is 3.46. The van der Waals surface area contributed by atoms with Gasteiger partial charge in [-0.2, -0.15) is 0 Å². The lowest BCUT2D eigenvalue weighted by atomic mass is 9.90. The van der Waals surface area contributed by atoms with Gasteiger partial charge >= 0.3 is 0 Å². The van der Waals surface area contributed by atoms with Crippen LogP contribution in [-0.2, 0) is 4.74 Å². The molecule has 0 bridgehead atoms. The van der Waals surface area contributed by atoms with E-state index in [2.05, 4.69) is 15.9 Å². The number of rotatable bonds is 2. The molecule has 1 aromatic carbocycles. The average Bonchev–Trinajstić information content (AvgIpc) is 2.28. The normalized spacial score (nSPS) is 19.3. The van der Waals surface area contributed by atoms with Gasteiger partial charge in [0.2, 0.25) is 0 Å². The van der Waals surface area contributed by atoms with E-state index in [9.17, 15) is 9.50 Å². The molecule has 1 atom stereocenters. The van der Waals surface area contributed by atoms with Crippen molar-refractivity contribution in [1.29, 1.82) is 0 Å². The second-order valence-corrected chi connectivity index (χ2v) is 5.32. The Kier molecular flexibility index (Phi) is 4.17. The Hall–Kier alpha value is -0.450. The third kappa shape index (κ3) is 2.87. The van der Waals surface area contributed by atoms with E-state index in [1.54, 1.807) is 13.0 Å². The molecule has 1 unspecified atom stereocenters. The number of aliphatic hydroxyl groups is 1. The first-order chi connectivity index (χ1) is 8.09. The average molecular weight is 303 g/mol. The fourth-order valence-corrected chi connectivity index (χ4v) is 3.05. The number of aliphatic hydroxyl groups excluding tert-OH is 1. The Morgan fingerprint density at radius 2 is 2.06 bits per heavy atom. The first-order valence-corrected chi connectivity index (χ1v) is 6.63. The molecule has 1 aliphatic heterocycles. The maximum Gasteiger partial charge on any atom is 0.130 e. The first-order valence-electron chi connectivity index (χ1n) is 5.84. The Labute approximate surface area is 109 Å². The second kappa shape index (κ2) is 5.46. The summed E-state index contributed by atoms with van der Waals surface area (Å²) in [5.74, 6) is 0.0217. The minimum absolute atomic E-state index is 0.334. The van der Waals surface area contributed by atoms with Crippen molar-refractivity contribution >= 4 is 15.9 Å². The van der Waals surface area contributed by atoms with Gasteiger partial charge in [-0.05, 0) is 43.4 Å². The molecule has 1 heterocycles. The number of halogens is 2. The van der Waals surface area contributed by atoms with Crippen LogP contribution in [0.2, 0.25) is 0 Å². The highest BCUT2D eigenvalue weighted by atomic mass is 79.9. The first kappa shape index (κ1) is 13.0. The zero-order chi connectivity index (χ0) is 12.4. The molecule has 1 aromatic rings. The molecule has 17 heavy (non-hydrogen) atoms. The highest BCUT2D eigenvalue weighted by Crippen LogP contribution is 2.33. The van der Waals surface area contributed by atoms with Gasteiger partial charge in [0.05, 0.1) is 6.10 Å².